The van der Waals surface area contributed by atoms with Crippen molar-refractivity contribution in [1.82, 2.24) is 10.2 Å². The van der Waals surface area contributed by atoms with Crippen LogP contribution in [0.3, 0.4) is 0 Å². The van der Waals surface area contributed by atoms with Gasteiger partial charge in [0.25, 0.3) is 0 Å². The first-order valence-corrected chi connectivity index (χ1v) is 16.7. The quantitative estimate of drug-likeness (QED) is 0.275. The molecule has 4 rings (SSSR count). The summed E-state index contributed by atoms with van der Waals surface area (Å²) in [4.78, 5) is 29.7. The van der Waals surface area contributed by atoms with Crippen LogP contribution in [0, 0.1) is 6.92 Å². The van der Waals surface area contributed by atoms with E-state index in [2.05, 4.69) is 5.32 Å². The van der Waals surface area contributed by atoms with E-state index in [9.17, 15) is 18.0 Å². The molecule has 2 amide bonds. The van der Waals surface area contributed by atoms with Gasteiger partial charge in [0.15, 0.2) is 0 Å². The third kappa shape index (κ3) is 8.96. The van der Waals surface area contributed by atoms with Gasteiger partial charge >= 0.3 is 0 Å². The van der Waals surface area contributed by atoms with Gasteiger partial charge in [0.2, 0.25) is 21.8 Å². The molecule has 0 radical (unpaired) electrons. The minimum absolute atomic E-state index is 0.0435. The lowest BCUT2D eigenvalue weighted by Gasteiger charge is -2.35. The molecule has 1 atom stereocenters. The highest BCUT2D eigenvalue weighted by atomic mass is 35.5. The van der Waals surface area contributed by atoms with Crippen molar-refractivity contribution in [3.63, 3.8) is 0 Å². The van der Waals surface area contributed by atoms with Crippen molar-refractivity contribution < 1.29 is 18.0 Å². The second-order valence-corrected chi connectivity index (χ2v) is 13.7. The number of sulfonamides is 1. The van der Waals surface area contributed by atoms with E-state index in [1.165, 1.54) is 23.1 Å². The third-order valence-corrected chi connectivity index (χ3v) is 9.09. The van der Waals surface area contributed by atoms with Crippen LogP contribution in [0.25, 0.3) is 0 Å². The Morgan fingerprint density at radius 3 is 2.12 bits per heavy atom. The molecule has 7 nitrogen and oxygen atoms in total. The summed E-state index contributed by atoms with van der Waals surface area (Å²) in [6, 6.07) is 20.8. The van der Waals surface area contributed by atoms with Gasteiger partial charge in [0, 0.05) is 29.1 Å². The monoisotopic (exact) mass is 629 g/mol. The molecule has 1 aliphatic rings. The number of aryl methyl sites for hydroxylation is 1. The average molecular weight is 631 g/mol. The molecule has 224 valence electrons. The van der Waals surface area contributed by atoms with Gasteiger partial charge in [-0.3, -0.25) is 13.9 Å². The van der Waals surface area contributed by atoms with E-state index in [0.717, 1.165) is 59.4 Å². The Bertz CT molecular complexity index is 1460. The minimum Gasteiger partial charge on any atom is -0.352 e. The molecule has 1 fully saturated rings. The number of halogens is 2. The van der Waals surface area contributed by atoms with E-state index in [4.69, 9.17) is 23.2 Å². The second kappa shape index (κ2) is 14.4. The summed E-state index contributed by atoms with van der Waals surface area (Å²) in [5.41, 5.74) is 2.96. The SMILES string of the molecule is Cc1ccc(CN(C(=O)CN(c2cc(Cl)cc(Cl)c2)S(C)(=O)=O)[C@H](Cc2ccccc2)C(=O)NC2CCCCC2)cc1. The molecule has 0 bridgehead atoms. The standard InChI is InChI=1S/C32H37Cl2N3O4S/c1-23-13-15-25(16-14-23)21-36(31(38)22-37(42(2,40)41)29-19-26(33)18-27(34)20-29)30(17-24-9-5-3-6-10-24)32(39)35-28-11-7-4-8-12-28/h3,5-6,9-10,13-16,18-20,28,30H,4,7-8,11-12,17,21-22H2,1-2H3,(H,35,39)/t30-/m1/s1. The fourth-order valence-corrected chi connectivity index (χ4v) is 6.63. The number of carbonyl (C=O) groups is 2. The molecule has 1 aliphatic carbocycles. The Labute approximate surface area is 258 Å². The number of hydrogen-bond acceptors (Lipinski definition) is 4. The number of nitrogens with zero attached hydrogens (tertiary/aromatic N) is 2. The lowest BCUT2D eigenvalue weighted by atomic mass is 9.94. The summed E-state index contributed by atoms with van der Waals surface area (Å²) in [5.74, 6) is -0.764. The number of amides is 2. The molecule has 3 aromatic carbocycles. The van der Waals surface area contributed by atoms with Crippen molar-refractivity contribution in [2.75, 3.05) is 17.1 Å². The van der Waals surface area contributed by atoms with Gasteiger partial charge in [0.1, 0.15) is 12.6 Å². The van der Waals surface area contributed by atoms with Gasteiger partial charge in [0.05, 0.1) is 11.9 Å². The molecule has 42 heavy (non-hydrogen) atoms. The molecule has 0 unspecified atom stereocenters. The Balaban J connectivity index is 1.73. The van der Waals surface area contributed by atoms with Crippen molar-refractivity contribution in [2.24, 2.45) is 0 Å². The predicted molar refractivity (Wildman–Crippen MR) is 169 cm³/mol. The van der Waals surface area contributed by atoms with Crippen LogP contribution in [0.2, 0.25) is 10.0 Å². The predicted octanol–water partition coefficient (Wildman–Crippen LogP) is 6.16. The van der Waals surface area contributed by atoms with Crippen molar-refractivity contribution >= 4 is 50.7 Å². The van der Waals surface area contributed by atoms with Gasteiger partial charge in [-0.1, -0.05) is 103 Å². The molecule has 3 aromatic rings. The van der Waals surface area contributed by atoms with Crippen LogP contribution in [0.15, 0.2) is 72.8 Å². The fourth-order valence-electron chi connectivity index (χ4n) is 5.29. The smallest absolute Gasteiger partial charge is 0.244 e. The highest BCUT2D eigenvalue weighted by Crippen LogP contribution is 2.28. The lowest BCUT2D eigenvalue weighted by Crippen LogP contribution is -2.55. The normalized spacial score (nSPS) is 14.7. The Hall–Kier alpha value is -3.07. The Kier molecular flexibility index (Phi) is 10.9. The zero-order valence-electron chi connectivity index (χ0n) is 23.9. The van der Waals surface area contributed by atoms with E-state index in [0.29, 0.717) is 0 Å². The number of anilines is 1. The van der Waals surface area contributed by atoms with E-state index in [-0.39, 0.29) is 40.6 Å². The maximum atomic E-state index is 14.2. The fraction of sp³-hybridized carbons (Fsp3) is 0.375. The highest BCUT2D eigenvalue weighted by Gasteiger charge is 2.34. The zero-order chi connectivity index (χ0) is 30.3. The molecule has 0 aromatic heterocycles. The number of benzene rings is 3. The number of rotatable bonds is 11. The molecule has 0 aliphatic heterocycles. The number of carbonyl (C=O) groups excluding carboxylic acids is 2. The molecule has 0 heterocycles. The van der Waals surface area contributed by atoms with E-state index >= 15 is 0 Å². The molecule has 1 saturated carbocycles. The van der Waals surface area contributed by atoms with Gasteiger partial charge < -0.3 is 10.2 Å². The van der Waals surface area contributed by atoms with Crippen LogP contribution in [0.4, 0.5) is 5.69 Å². The van der Waals surface area contributed by atoms with Crippen LogP contribution in [0.5, 0.6) is 0 Å². The topological polar surface area (TPSA) is 86.8 Å². The summed E-state index contributed by atoms with van der Waals surface area (Å²) >= 11 is 12.4. The molecule has 0 spiro atoms. The molecular weight excluding hydrogens is 593 g/mol. The highest BCUT2D eigenvalue weighted by molar-refractivity contribution is 7.92. The maximum absolute atomic E-state index is 14.2. The van der Waals surface area contributed by atoms with E-state index in [1.807, 2.05) is 61.5 Å². The van der Waals surface area contributed by atoms with E-state index < -0.39 is 28.5 Å². The van der Waals surface area contributed by atoms with Crippen LogP contribution >= 0.6 is 23.2 Å². The maximum Gasteiger partial charge on any atom is 0.244 e. The van der Waals surface area contributed by atoms with Crippen molar-refractivity contribution in [1.29, 1.82) is 0 Å². The number of hydrogen-bond donors (Lipinski definition) is 1. The Morgan fingerprint density at radius 1 is 0.905 bits per heavy atom. The molecule has 1 N–H and O–H groups in total. The summed E-state index contributed by atoms with van der Waals surface area (Å²) < 4.78 is 26.9. The largest absolute Gasteiger partial charge is 0.352 e. The van der Waals surface area contributed by atoms with Gasteiger partial charge in [-0.2, -0.15) is 0 Å². The zero-order valence-corrected chi connectivity index (χ0v) is 26.3. The lowest BCUT2D eigenvalue weighted by molar-refractivity contribution is -0.140. The third-order valence-electron chi connectivity index (χ3n) is 7.51. The van der Waals surface area contributed by atoms with Crippen molar-refractivity contribution in [3.8, 4) is 0 Å². The minimum atomic E-state index is -3.92. The second-order valence-electron chi connectivity index (χ2n) is 11.0. The first-order valence-electron chi connectivity index (χ1n) is 14.1. The van der Waals surface area contributed by atoms with Crippen LogP contribution in [-0.2, 0) is 32.6 Å². The molecule has 10 heteroatoms. The van der Waals surface area contributed by atoms with Gasteiger partial charge in [-0.05, 0) is 49.1 Å². The van der Waals surface area contributed by atoms with Crippen molar-refractivity contribution in [3.05, 3.63) is 99.5 Å². The van der Waals surface area contributed by atoms with Crippen molar-refractivity contribution in [2.45, 2.75) is 64.1 Å². The van der Waals surface area contributed by atoms with E-state index in [1.54, 1.807) is 0 Å². The first-order chi connectivity index (χ1) is 20.0. The molecule has 0 saturated heterocycles. The summed E-state index contributed by atoms with van der Waals surface area (Å²) in [6.07, 6.45) is 6.33. The van der Waals surface area contributed by atoms with Crippen LogP contribution in [-0.4, -0.2) is 50.0 Å². The summed E-state index contributed by atoms with van der Waals surface area (Å²) in [5, 5.41) is 3.68. The van der Waals surface area contributed by atoms with Gasteiger partial charge in [-0.25, -0.2) is 8.42 Å². The van der Waals surface area contributed by atoms with Crippen LogP contribution in [0.1, 0.15) is 48.8 Å². The van der Waals surface area contributed by atoms with Gasteiger partial charge in [-0.15, -0.1) is 0 Å². The Morgan fingerprint density at radius 2 is 1.52 bits per heavy atom. The van der Waals surface area contributed by atoms with Crippen LogP contribution < -0.4 is 9.62 Å². The summed E-state index contributed by atoms with van der Waals surface area (Å²) in [6.45, 7) is 1.58. The molecular formula is C32H37Cl2N3O4S. The first kappa shape index (κ1) is 31.9. The number of nitrogens with one attached hydrogen (secondary N) is 1. The summed E-state index contributed by atoms with van der Waals surface area (Å²) in [7, 11) is -3.92. The average Bonchev–Trinajstić information content (AvgIpc) is 2.94.